The van der Waals surface area contributed by atoms with Crippen molar-refractivity contribution in [3.05, 3.63) is 11.4 Å². The lowest BCUT2D eigenvalue weighted by atomic mass is 9.97. The summed E-state index contributed by atoms with van der Waals surface area (Å²) in [7, 11) is 0.536. The van der Waals surface area contributed by atoms with Gasteiger partial charge in [-0.2, -0.15) is 5.10 Å². The van der Waals surface area contributed by atoms with Crippen molar-refractivity contribution in [2.24, 2.45) is 0 Å². The Hall–Kier alpha value is -0.920. The maximum Gasteiger partial charge on any atom is 0.244 e. The van der Waals surface area contributed by atoms with Gasteiger partial charge < -0.3 is 4.90 Å². The van der Waals surface area contributed by atoms with Crippen LogP contribution < -0.4 is 4.72 Å². The molecule has 1 fully saturated rings. The van der Waals surface area contributed by atoms with Crippen molar-refractivity contribution in [2.45, 2.75) is 50.0 Å². The van der Waals surface area contributed by atoms with Crippen molar-refractivity contribution in [3.8, 4) is 0 Å². The molecule has 0 atom stereocenters. The second-order valence-electron chi connectivity index (χ2n) is 5.91. The number of hydrogen-bond acceptors (Lipinski definition) is 4. The lowest BCUT2D eigenvalue weighted by Gasteiger charge is -2.36. The van der Waals surface area contributed by atoms with Gasteiger partial charge in [0.1, 0.15) is 4.90 Å². The number of likely N-dealkylation sites (N-methyl/N-ethyl adjacent to an activating group) is 1. The van der Waals surface area contributed by atoms with Crippen LogP contribution in [0.5, 0.6) is 0 Å². The van der Waals surface area contributed by atoms with Crippen LogP contribution in [0.15, 0.2) is 4.90 Å². The van der Waals surface area contributed by atoms with E-state index in [0.717, 1.165) is 25.7 Å². The number of aryl methyl sites for hydroxylation is 2. The maximum atomic E-state index is 12.5. The summed E-state index contributed by atoms with van der Waals surface area (Å²) >= 11 is 0. The van der Waals surface area contributed by atoms with Crippen molar-refractivity contribution in [1.82, 2.24) is 19.8 Å². The monoisotopic (exact) mass is 300 g/mol. The molecule has 20 heavy (non-hydrogen) atoms. The third-order valence-corrected chi connectivity index (χ3v) is 6.07. The first kappa shape index (κ1) is 15.5. The van der Waals surface area contributed by atoms with Gasteiger partial charge in [-0.25, -0.2) is 13.1 Å². The van der Waals surface area contributed by atoms with Crippen molar-refractivity contribution >= 4 is 10.0 Å². The van der Waals surface area contributed by atoms with Crippen molar-refractivity contribution in [1.29, 1.82) is 0 Å². The van der Waals surface area contributed by atoms with Gasteiger partial charge in [-0.05, 0) is 40.8 Å². The van der Waals surface area contributed by atoms with Gasteiger partial charge >= 0.3 is 0 Å². The molecule has 2 rings (SSSR count). The second kappa shape index (κ2) is 5.46. The van der Waals surface area contributed by atoms with Gasteiger partial charge in [0.15, 0.2) is 0 Å². The molecule has 0 aliphatic heterocycles. The fraction of sp³-hybridized carbons (Fsp3) is 0.769. The van der Waals surface area contributed by atoms with E-state index in [2.05, 4.69) is 19.8 Å². The van der Waals surface area contributed by atoms with Crippen LogP contribution in [0.25, 0.3) is 0 Å². The van der Waals surface area contributed by atoms with Crippen molar-refractivity contribution < 1.29 is 8.42 Å². The van der Waals surface area contributed by atoms with Gasteiger partial charge in [0.05, 0.1) is 11.4 Å². The fourth-order valence-electron chi connectivity index (χ4n) is 3.05. The van der Waals surface area contributed by atoms with Gasteiger partial charge in [0.25, 0.3) is 0 Å². The van der Waals surface area contributed by atoms with Crippen LogP contribution in [0, 0.1) is 13.8 Å². The molecule has 114 valence electrons. The average molecular weight is 300 g/mol. The highest BCUT2D eigenvalue weighted by atomic mass is 32.2. The molecule has 6 nitrogen and oxygen atoms in total. The van der Waals surface area contributed by atoms with Crippen LogP contribution in [0.1, 0.15) is 37.1 Å². The number of sulfonamides is 1. The van der Waals surface area contributed by atoms with Crippen LogP contribution in [-0.4, -0.2) is 49.7 Å². The molecule has 0 spiro atoms. The Morgan fingerprint density at radius 3 is 2.35 bits per heavy atom. The lowest BCUT2D eigenvalue weighted by molar-refractivity contribution is 0.162. The zero-order valence-electron chi connectivity index (χ0n) is 12.7. The van der Waals surface area contributed by atoms with Crippen LogP contribution in [0.4, 0.5) is 0 Å². The van der Waals surface area contributed by atoms with Crippen LogP contribution in [0.3, 0.4) is 0 Å². The standard InChI is InChI=1S/C13H24N4O2S/c1-10-12(11(2)16-15-10)20(18,19)14-9-13(17(3)4)7-5-6-8-13/h14H,5-9H2,1-4H3,(H,15,16). The van der Waals surface area contributed by atoms with Gasteiger partial charge in [0, 0.05) is 12.1 Å². The second-order valence-corrected chi connectivity index (χ2v) is 7.62. The van der Waals surface area contributed by atoms with Gasteiger partial charge in [-0.3, -0.25) is 5.10 Å². The molecule has 7 heteroatoms. The molecule has 0 unspecified atom stereocenters. The van der Waals surface area contributed by atoms with Crippen molar-refractivity contribution in [2.75, 3.05) is 20.6 Å². The molecule has 0 aromatic carbocycles. The van der Waals surface area contributed by atoms with E-state index in [-0.39, 0.29) is 10.4 Å². The summed E-state index contributed by atoms with van der Waals surface area (Å²) in [4.78, 5) is 2.43. The van der Waals surface area contributed by atoms with E-state index in [0.29, 0.717) is 17.9 Å². The minimum absolute atomic E-state index is 0.0569. The molecule has 1 heterocycles. The van der Waals surface area contributed by atoms with Gasteiger partial charge in [-0.1, -0.05) is 12.8 Å². The fourth-order valence-corrected chi connectivity index (χ4v) is 4.54. The molecular weight excluding hydrogens is 276 g/mol. The number of hydrogen-bond donors (Lipinski definition) is 2. The lowest BCUT2D eigenvalue weighted by Crippen LogP contribution is -2.50. The maximum absolute atomic E-state index is 12.5. The summed E-state index contributed by atoms with van der Waals surface area (Å²) in [5, 5.41) is 6.68. The highest BCUT2D eigenvalue weighted by Crippen LogP contribution is 2.33. The Kier molecular flexibility index (Phi) is 4.22. The van der Waals surface area contributed by atoms with Crippen LogP contribution in [-0.2, 0) is 10.0 Å². The van der Waals surface area contributed by atoms with E-state index in [4.69, 9.17) is 0 Å². The van der Waals surface area contributed by atoms with Crippen LogP contribution >= 0.6 is 0 Å². The zero-order valence-corrected chi connectivity index (χ0v) is 13.5. The first-order valence-corrected chi connectivity index (χ1v) is 8.45. The molecule has 2 N–H and O–H groups in total. The summed E-state index contributed by atoms with van der Waals surface area (Å²) < 4.78 is 27.7. The molecule has 1 aliphatic rings. The molecule has 1 aliphatic carbocycles. The van der Waals surface area contributed by atoms with E-state index < -0.39 is 10.0 Å². The Balaban J connectivity index is 2.17. The van der Waals surface area contributed by atoms with Crippen LogP contribution in [0.2, 0.25) is 0 Å². The average Bonchev–Trinajstić information content (AvgIpc) is 2.95. The Bertz CT molecular complexity index is 552. The SMILES string of the molecule is Cc1n[nH]c(C)c1S(=O)(=O)NCC1(N(C)C)CCCC1. The largest absolute Gasteiger partial charge is 0.302 e. The quantitative estimate of drug-likeness (QED) is 0.856. The molecule has 0 bridgehead atoms. The summed E-state index contributed by atoms with van der Waals surface area (Å²) in [6.07, 6.45) is 4.38. The number of nitrogens with one attached hydrogen (secondary N) is 2. The minimum atomic E-state index is -3.51. The van der Waals surface area contributed by atoms with E-state index in [1.165, 1.54) is 0 Å². The Labute approximate surface area is 121 Å². The van der Waals surface area contributed by atoms with E-state index in [1.54, 1.807) is 13.8 Å². The van der Waals surface area contributed by atoms with E-state index in [1.807, 2.05) is 14.1 Å². The molecule has 0 amide bonds. The smallest absolute Gasteiger partial charge is 0.244 e. The van der Waals surface area contributed by atoms with E-state index >= 15 is 0 Å². The van der Waals surface area contributed by atoms with Crippen molar-refractivity contribution in [3.63, 3.8) is 0 Å². The van der Waals surface area contributed by atoms with E-state index in [9.17, 15) is 8.42 Å². The molecule has 1 saturated carbocycles. The number of rotatable bonds is 5. The summed E-state index contributed by atoms with van der Waals surface area (Å²) in [6, 6.07) is 0. The summed E-state index contributed by atoms with van der Waals surface area (Å²) in [5.41, 5.74) is 1.04. The highest BCUT2D eigenvalue weighted by molar-refractivity contribution is 7.89. The molecule has 1 aromatic heterocycles. The first-order chi connectivity index (χ1) is 9.28. The third kappa shape index (κ3) is 2.75. The molecule has 0 radical (unpaired) electrons. The number of nitrogens with zero attached hydrogens (tertiary/aromatic N) is 2. The third-order valence-electron chi connectivity index (χ3n) is 4.40. The van der Waals surface area contributed by atoms with Gasteiger partial charge in [0.2, 0.25) is 10.0 Å². The number of aromatic nitrogens is 2. The predicted octanol–water partition coefficient (Wildman–Crippen LogP) is 1.18. The Morgan fingerprint density at radius 2 is 1.90 bits per heavy atom. The summed E-state index contributed by atoms with van der Waals surface area (Å²) in [5.74, 6) is 0. The number of aromatic amines is 1. The first-order valence-electron chi connectivity index (χ1n) is 6.97. The summed E-state index contributed by atoms with van der Waals surface area (Å²) in [6.45, 7) is 3.88. The molecule has 0 saturated heterocycles. The van der Waals surface area contributed by atoms with Gasteiger partial charge in [-0.15, -0.1) is 0 Å². The highest BCUT2D eigenvalue weighted by Gasteiger charge is 2.37. The topological polar surface area (TPSA) is 78.1 Å². The normalized spacial score (nSPS) is 18.9. The minimum Gasteiger partial charge on any atom is -0.302 e. The zero-order chi connectivity index (χ0) is 15.0. The molecule has 1 aromatic rings. The Morgan fingerprint density at radius 1 is 1.30 bits per heavy atom. The molecular formula is C13H24N4O2S. The predicted molar refractivity (Wildman–Crippen MR) is 78.1 cm³/mol. The number of H-pyrrole nitrogens is 1.